The zero-order valence-electron chi connectivity index (χ0n) is 18.4. The summed E-state index contributed by atoms with van der Waals surface area (Å²) >= 11 is 0. The maximum atomic E-state index is 13.4. The summed E-state index contributed by atoms with van der Waals surface area (Å²) in [5.74, 6) is 0.959. The molecule has 1 fully saturated rings. The van der Waals surface area contributed by atoms with Crippen LogP contribution >= 0.6 is 0 Å². The van der Waals surface area contributed by atoms with Gasteiger partial charge in [0.25, 0.3) is 0 Å². The fourth-order valence-corrected chi connectivity index (χ4v) is 4.16. The SMILES string of the molecule is COc1cccc(C2CN(C(=O)CC(C)C)CC2C(=O)N(C)Cc2ccccc2)c1. The highest BCUT2D eigenvalue weighted by Gasteiger charge is 2.41. The minimum atomic E-state index is -0.262. The lowest BCUT2D eigenvalue weighted by Crippen LogP contribution is -2.36. The van der Waals surface area contributed by atoms with E-state index in [4.69, 9.17) is 4.74 Å². The third-order valence-corrected chi connectivity index (χ3v) is 5.73. The summed E-state index contributed by atoms with van der Waals surface area (Å²) in [5.41, 5.74) is 2.14. The third-order valence-electron chi connectivity index (χ3n) is 5.73. The molecule has 0 N–H and O–H groups in total. The molecule has 2 amide bonds. The number of hydrogen-bond donors (Lipinski definition) is 0. The van der Waals surface area contributed by atoms with Gasteiger partial charge in [0.15, 0.2) is 0 Å². The Balaban J connectivity index is 1.83. The molecule has 0 aliphatic carbocycles. The van der Waals surface area contributed by atoms with Gasteiger partial charge in [-0.1, -0.05) is 56.3 Å². The van der Waals surface area contributed by atoms with Crippen LogP contribution < -0.4 is 4.74 Å². The second-order valence-electron chi connectivity index (χ2n) is 8.57. The molecule has 0 saturated carbocycles. The van der Waals surface area contributed by atoms with Gasteiger partial charge in [-0.15, -0.1) is 0 Å². The van der Waals surface area contributed by atoms with E-state index in [9.17, 15) is 9.59 Å². The first-order chi connectivity index (χ1) is 14.4. The fourth-order valence-electron chi connectivity index (χ4n) is 4.16. The van der Waals surface area contributed by atoms with Crippen molar-refractivity contribution in [3.8, 4) is 5.75 Å². The lowest BCUT2D eigenvalue weighted by Gasteiger charge is -2.25. The lowest BCUT2D eigenvalue weighted by molar-refractivity contribution is -0.135. The number of hydrogen-bond acceptors (Lipinski definition) is 3. The molecule has 3 rings (SSSR count). The third kappa shape index (κ3) is 5.21. The monoisotopic (exact) mass is 408 g/mol. The van der Waals surface area contributed by atoms with Gasteiger partial charge in [0.05, 0.1) is 13.0 Å². The zero-order valence-corrected chi connectivity index (χ0v) is 18.4. The summed E-state index contributed by atoms with van der Waals surface area (Å²) in [6, 6.07) is 17.8. The molecule has 5 heteroatoms. The molecule has 1 saturated heterocycles. The molecule has 0 radical (unpaired) electrons. The molecule has 5 nitrogen and oxygen atoms in total. The maximum Gasteiger partial charge on any atom is 0.228 e. The lowest BCUT2D eigenvalue weighted by atomic mass is 9.88. The van der Waals surface area contributed by atoms with Crippen LogP contribution in [0.4, 0.5) is 0 Å². The number of likely N-dealkylation sites (tertiary alicyclic amines) is 1. The number of methoxy groups -OCH3 is 1. The van der Waals surface area contributed by atoms with Crippen molar-refractivity contribution in [1.82, 2.24) is 9.80 Å². The van der Waals surface area contributed by atoms with E-state index >= 15 is 0 Å². The Labute approximate surface area is 179 Å². The molecular formula is C25H32N2O3. The Morgan fingerprint density at radius 2 is 1.83 bits per heavy atom. The second kappa shape index (κ2) is 9.79. The molecule has 2 aromatic carbocycles. The molecule has 1 heterocycles. The highest BCUT2D eigenvalue weighted by Crippen LogP contribution is 2.36. The number of benzene rings is 2. The van der Waals surface area contributed by atoms with Crippen molar-refractivity contribution in [2.24, 2.45) is 11.8 Å². The largest absolute Gasteiger partial charge is 0.497 e. The van der Waals surface area contributed by atoms with E-state index in [-0.39, 0.29) is 23.7 Å². The molecule has 160 valence electrons. The number of carbonyl (C=O) groups excluding carboxylic acids is 2. The first-order valence-electron chi connectivity index (χ1n) is 10.6. The highest BCUT2D eigenvalue weighted by atomic mass is 16.5. The quantitative estimate of drug-likeness (QED) is 0.697. The van der Waals surface area contributed by atoms with E-state index in [1.165, 1.54) is 0 Å². The van der Waals surface area contributed by atoms with Gasteiger partial charge in [-0.2, -0.15) is 0 Å². The van der Waals surface area contributed by atoms with Gasteiger partial charge in [-0.3, -0.25) is 9.59 Å². The Morgan fingerprint density at radius 1 is 1.10 bits per heavy atom. The fraction of sp³-hybridized carbons (Fsp3) is 0.440. The first kappa shape index (κ1) is 21.9. The van der Waals surface area contributed by atoms with Gasteiger partial charge < -0.3 is 14.5 Å². The van der Waals surface area contributed by atoms with Gasteiger partial charge in [0.1, 0.15) is 5.75 Å². The van der Waals surface area contributed by atoms with Crippen LogP contribution in [0.25, 0.3) is 0 Å². The maximum absolute atomic E-state index is 13.4. The molecule has 0 aromatic heterocycles. The Bertz CT molecular complexity index is 866. The summed E-state index contributed by atoms with van der Waals surface area (Å²) in [7, 11) is 3.49. The van der Waals surface area contributed by atoms with Crippen molar-refractivity contribution < 1.29 is 14.3 Å². The van der Waals surface area contributed by atoms with Crippen LogP contribution in [0, 0.1) is 11.8 Å². The molecule has 2 aromatic rings. The van der Waals surface area contributed by atoms with Crippen molar-refractivity contribution in [1.29, 1.82) is 0 Å². The van der Waals surface area contributed by atoms with E-state index in [2.05, 4.69) is 0 Å². The van der Waals surface area contributed by atoms with E-state index in [1.54, 1.807) is 12.0 Å². The van der Waals surface area contributed by atoms with Gasteiger partial charge >= 0.3 is 0 Å². The Hall–Kier alpha value is -2.82. The number of carbonyl (C=O) groups is 2. The van der Waals surface area contributed by atoms with Crippen LogP contribution in [0.1, 0.15) is 37.3 Å². The molecular weight excluding hydrogens is 376 g/mol. The van der Waals surface area contributed by atoms with Crippen LogP contribution in [0.2, 0.25) is 0 Å². The van der Waals surface area contributed by atoms with Gasteiger partial charge in [-0.25, -0.2) is 0 Å². The van der Waals surface area contributed by atoms with Crippen LogP contribution in [0.5, 0.6) is 5.75 Å². The number of amides is 2. The predicted molar refractivity (Wildman–Crippen MR) is 118 cm³/mol. The molecule has 1 aliphatic heterocycles. The molecule has 2 unspecified atom stereocenters. The second-order valence-corrected chi connectivity index (χ2v) is 8.57. The zero-order chi connectivity index (χ0) is 21.7. The van der Waals surface area contributed by atoms with E-state index < -0.39 is 0 Å². The summed E-state index contributed by atoms with van der Waals surface area (Å²) in [4.78, 5) is 29.8. The Morgan fingerprint density at radius 3 is 2.50 bits per heavy atom. The van der Waals surface area contributed by atoms with Gasteiger partial charge in [-0.05, 0) is 29.2 Å². The summed E-state index contributed by atoms with van der Waals surface area (Å²) < 4.78 is 5.39. The average molecular weight is 409 g/mol. The topological polar surface area (TPSA) is 49.9 Å². The molecule has 0 spiro atoms. The van der Waals surface area contributed by atoms with Crippen molar-refractivity contribution in [3.63, 3.8) is 0 Å². The minimum Gasteiger partial charge on any atom is -0.497 e. The van der Waals surface area contributed by atoms with Crippen molar-refractivity contribution >= 4 is 11.8 Å². The van der Waals surface area contributed by atoms with E-state index in [0.29, 0.717) is 32.0 Å². The van der Waals surface area contributed by atoms with Crippen LogP contribution in [-0.2, 0) is 16.1 Å². The molecule has 0 bridgehead atoms. The number of nitrogens with zero attached hydrogens (tertiary/aromatic N) is 2. The summed E-state index contributed by atoms with van der Waals surface area (Å²) in [6.07, 6.45) is 0.506. The molecule has 2 atom stereocenters. The normalized spacial score (nSPS) is 18.5. The van der Waals surface area contributed by atoms with Crippen LogP contribution in [-0.4, -0.2) is 48.9 Å². The summed E-state index contributed by atoms with van der Waals surface area (Å²) in [5, 5.41) is 0. The smallest absolute Gasteiger partial charge is 0.228 e. The van der Waals surface area contributed by atoms with E-state index in [0.717, 1.165) is 16.9 Å². The standard InChI is InChI=1S/C25H32N2O3/c1-18(2)13-24(28)27-16-22(20-11-8-12-21(14-20)30-4)23(17-27)25(29)26(3)15-19-9-6-5-7-10-19/h5-12,14,18,22-23H,13,15-17H2,1-4H3. The van der Waals surface area contributed by atoms with Crippen LogP contribution in [0.15, 0.2) is 54.6 Å². The van der Waals surface area contributed by atoms with Crippen molar-refractivity contribution in [2.75, 3.05) is 27.2 Å². The predicted octanol–water partition coefficient (Wildman–Crippen LogP) is 3.94. The molecule has 1 aliphatic rings. The molecule has 30 heavy (non-hydrogen) atoms. The first-order valence-corrected chi connectivity index (χ1v) is 10.6. The van der Waals surface area contributed by atoms with Gasteiger partial charge in [0, 0.05) is 39.0 Å². The highest BCUT2D eigenvalue weighted by molar-refractivity contribution is 5.83. The Kier molecular flexibility index (Phi) is 7.14. The van der Waals surface area contributed by atoms with Crippen molar-refractivity contribution in [3.05, 3.63) is 65.7 Å². The van der Waals surface area contributed by atoms with Crippen molar-refractivity contribution in [2.45, 2.75) is 32.7 Å². The van der Waals surface area contributed by atoms with Crippen LogP contribution in [0.3, 0.4) is 0 Å². The number of ether oxygens (including phenoxy) is 1. The van der Waals surface area contributed by atoms with E-state index in [1.807, 2.05) is 80.4 Å². The summed E-state index contributed by atoms with van der Waals surface area (Å²) in [6.45, 7) is 5.67. The number of rotatable bonds is 7. The average Bonchev–Trinajstić information content (AvgIpc) is 3.19. The minimum absolute atomic E-state index is 0.0399. The van der Waals surface area contributed by atoms with Gasteiger partial charge in [0.2, 0.25) is 11.8 Å².